The quantitative estimate of drug-likeness (QED) is 0.363. The molecule has 8 heteroatoms. The lowest BCUT2D eigenvalue weighted by Gasteiger charge is -2.27. The molecule has 0 radical (unpaired) electrons. The minimum absolute atomic E-state index is 0.282. The molecule has 2 aromatic heterocycles. The topological polar surface area (TPSA) is 118 Å². The number of nitrogens with zero attached hydrogens (tertiary/aromatic N) is 3. The number of rotatable bonds is 4. The second kappa shape index (κ2) is 9.20. The second-order valence-corrected chi connectivity index (χ2v) is 8.19. The van der Waals surface area contributed by atoms with Crippen molar-refractivity contribution in [3.8, 4) is 11.1 Å². The predicted molar refractivity (Wildman–Crippen MR) is 127 cm³/mol. The summed E-state index contributed by atoms with van der Waals surface area (Å²) in [4.78, 5) is 45.7. The standard InChI is InChI=1S/C25H25N5O3/c1-15-3-6-27-13-20(15)18-10-19-12-23(28-14-21(19)22(26)11-18)29-24(32)9-17-4-7-30(8-5-17)25(33)16(2)31/h3,6,9-14H,4-5,7-8,26H2,1-2H3,(H,28,29,32). The van der Waals surface area contributed by atoms with E-state index in [-0.39, 0.29) is 5.91 Å². The monoisotopic (exact) mass is 443 g/mol. The largest absolute Gasteiger partial charge is 0.398 e. The number of hydrogen-bond donors (Lipinski definition) is 2. The van der Waals surface area contributed by atoms with Gasteiger partial charge in [-0.15, -0.1) is 0 Å². The number of nitrogens with one attached hydrogen (secondary N) is 1. The van der Waals surface area contributed by atoms with Crippen molar-refractivity contribution in [2.24, 2.45) is 0 Å². The van der Waals surface area contributed by atoms with Crippen LogP contribution >= 0.6 is 0 Å². The van der Waals surface area contributed by atoms with Crippen molar-refractivity contribution >= 4 is 39.9 Å². The first-order valence-electron chi connectivity index (χ1n) is 10.7. The number of likely N-dealkylation sites (tertiary alicyclic amines) is 1. The Hall–Kier alpha value is -4.07. The number of nitrogen functional groups attached to an aromatic ring is 1. The number of aryl methyl sites for hydroxylation is 1. The van der Waals surface area contributed by atoms with E-state index in [0.29, 0.717) is 37.4 Å². The summed E-state index contributed by atoms with van der Waals surface area (Å²) in [7, 11) is 0. The van der Waals surface area contributed by atoms with Crippen LogP contribution in [-0.4, -0.2) is 45.6 Å². The van der Waals surface area contributed by atoms with Crippen molar-refractivity contribution in [3.05, 3.63) is 60.1 Å². The normalized spacial score (nSPS) is 13.6. The molecule has 2 amide bonds. The first kappa shape index (κ1) is 22.1. The SMILES string of the molecule is CC(=O)C(=O)N1CCC(=CC(=O)Nc2cc3cc(-c4cnccc4C)cc(N)c3cn2)CC1. The van der Waals surface area contributed by atoms with E-state index in [1.807, 2.05) is 25.1 Å². The molecule has 0 aliphatic carbocycles. The number of amides is 2. The van der Waals surface area contributed by atoms with Gasteiger partial charge in [0.1, 0.15) is 5.82 Å². The number of ketones is 1. The molecule has 33 heavy (non-hydrogen) atoms. The number of carbonyl (C=O) groups is 3. The zero-order valence-corrected chi connectivity index (χ0v) is 18.6. The van der Waals surface area contributed by atoms with Crippen LogP contribution in [0.15, 0.2) is 54.5 Å². The van der Waals surface area contributed by atoms with Crippen molar-refractivity contribution in [2.45, 2.75) is 26.7 Å². The number of nitrogens with two attached hydrogens (primary N) is 1. The third-order valence-electron chi connectivity index (χ3n) is 5.80. The Morgan fingerprint density at radius 3 is 2.58 bits per heavy atom. The fourth-order valence-electron chi connectivity index (χ4n) is 3.99. The van der Waals surface area contributed by atoms with E-state index >= 15 is 0 Å². The third-order valence-corrected chi connectivity index (χ3v) is 5.80. The van der Waals surface area contributed by atoms with Gasteiger partial charge >= 0.3 is 0 Å². The minimum Gasteiger partial charge on any atom is -0.398 e. The first-order chi connectivity index (χ1) is 15.8. The number of benzene rings is 1. The summed E-state index contributed by atoms with van der Waals surface area (Å²) >= 11 is 0. The molecule has 3 aromatic rings. The summed E-state index contributed by atoms with van der Waals surface area (Å²) < 4.78 is 0. The van der Waals surface area contributed by atoms with Gasteiger partial charge in [-0.1, -0.05) is 5.57 Å². The summed E-state index contributed by atoms with van der Waals surface area (Å²) in [6, 6.07) is 7.65. The van der Waals surface area contributed by atoms with Gasteiger partial charge in [0.15, 0.2) is 0 Å². The zero-order chi connectivity index (χ0) is 23.5. The molecule has 0 atom stereocenters. The van der Waals surface area contributed by atoms with Crippen LogP contribution in [0.1, 0.15) is 25.3 Å². The number of aromatic nitrogens is 2. The van der Waals surface area contributed by atoms with Crippen LogP contribution in [0.25, 0.3) is 21.9 Å². The van der Waals surface area contributed by atoms with E-state index < -0.39 is 11.7 Å². The zero-order valence-electron chi connectivity index (χ0n) is 18.6. The van der Waals surface area contributed by atoms with Gasteiger partial charge in [0, 0.05) is 61.3 Å². The van der Waals surface area contributed by atoms with Crippen molar-refractivity contribution < 1.29 is 14.4 Å². The molecule has 1 aliphatic heterocycles. The van der Waals surface area contributed by atoms with Crippen LogP contribution in [0.4, 0.5) is 11.5 Å². The molecule has 3 heterocycles. The van der Waals surface area contributed by atoms with Crippen LogP contribution in [0, 0.1) is 6.92 Å². The summed E-state index contributed by atoms with van der Waals surface area (Å²) in [6.45, 7) is 4.15. The van der Waals surface area contributed by atoms with Gasteiger partial charge in [0.2, 0.25) is 11.7 Å². The van der Waals surface area contributed by atoms with E-state index in [4.69, 9.17) is 5.73 Å². The lowest BCUT2D eigenvalue weighted by atomic mass is 9.99. The third kappa shape index (κ3) is 4.90. The van der Waals surface area contributed by atoms with E-state index in [1.54, 1.807) is 30.7 Å². The number of piperidine rings is 1. The van der Waals surface area contributed by atoms with E-state index in [0.717, 1.165) is 33.0 Å². The van der Waals surface area contributed by atoms with Gasteiger partial charge in [0.25, 0.3) is 5.91 Å². The molecule has 0 spiro atoms. The highest BCUT2D eigenvalue weighted by atomic mass is 16.2. The van der Waals surface area contributed by atoms with Crippen LogP contribution in [0.5, 0.6) is 0 Å². The molecule has 3 N–H and O–H groups in total. The van der Waals surface area contributed by atoms with Crippen molar-refractivity contribution in [1.82, 2.24) is 14.9 Å². The van der Waals surface area contributed by atoms with E-state index in [1.165, 1.54) is 11.8 Å². The Kier molecular flexibility index (Phi) is 6.17. The maximum Gasteiger partial charge on any atom is 0.289 e. The highest BCUT2D eigenvalue weighted by Gasteiger charge is 2.22. The van der Waals surface area contributed by atoms with Crippen LogP contribution in [0.2, 0.25) is 0 Å². The van der Waals surface area contributed by atoms with Crippen molar-refractivity contribution in [2.75, 3.05) is 24.1 Å². The highest BCUT2D eigenvalue weighted by Crippen LogP contribution is 2.31. The Balaban J connectivity index is 1.50. The van der Waals surface area contributed by atoms with Gasteiger partial charge in [0.05, 0.1) is 0 Å². The van der Waals surface area contributed by atoms with Crippen LogP contribution < -0.4 is 11.1 Å². The van der Waals surface area contributed by atoms with Gasteiger partial charge in [-0.05, 0) is 60.5 Å². The first-order valence-corrected chi connectivity index (χ1v) is 10.7. The van der Waals surface area contributed by atoms with E-state index in [9.17, 15) is 14.4 Å². The Bertz CT molecular complexity index is 1290. The maximum absolute atomic E-state index is 12.5. The summed E-state index contributed by atoms with van der Waals surface area (Å²) in [6.07, 6.45) is 7.87. The van der Waals surface area contributed by atoms with Gasteiger partial charge in [-0.3, -0.25) is 19.4 Å². The molecule has 0 bridgehead atoms. The molecule has 0 saturated carbocycles. The number of fused-ring (bicyclic) bond motifs is 1. The molecule has 1 fully saturated rings. The Labute approximate surface area is 191 Å². The molecule has 4 rings (SSSR count). The van der Waals surface area contributed by atoms with Crippen LogP contribution in [-0.2, 0) is 14.4 Å². The van der Waals surface area contributed by atoms with Crippen LogP contribution in [0.3, 0.4) is 0 Å². The predicted octanol–water partition coefficient (Wildman–Crippen LogP) is 3.26. The number of pyridine rings is 2. The summed E-state index contributed by atoms with van der Waals surface area (Å²) in [5, 5.41) is 4.48. The number of hydrogen-bond acceptors (Lipinski definition) is 6. The molecule has 1 saturated heterocycles. The summed E-state index contributed by atoms with van der Waals surface area (Å²) in [5.74, 6) is -0.799. The smallest absolute Gasteiger partial charge is 0.289 e. The fraction of sp³-hybridized carbons (Fsp3) is 0.240. The van der Waals surface area contributed by atoms with Crippen molar-refractivity contribution in [3.63, 3.8) is 0 Å². The lowest BCUT2D eigenvalue weighted by molar-refractivity contribution is -0.143. The maximum atomic E-state index is 12.5. The highest BCUT2D eigenvalue weighted by molar-refractivity contribution is 6.35. The molecular weight excluding hydrogens is 418 g/mol. The fourth-order valence-corrected chi connectivity index (χ4v) is 3.99. The number of carbonyl (C=O) groups excluding carboxylic acids is 3. The Morgan fingerprint density at radius 2 is 1.88 bits per heavy atom. The van der Waals surface area contributed by atoms with Crippen molar-refractivity contribution in [1.29, 1.82) is 0 Å². The summed E-state index contributed by atoms with van der Waals surface area (Å²) in [5.41, 5.74) is 10.8. The average molecular weight is 444 g/mol. The molecular formula is C25H25N5O3. The van der Waals surface area contributed by atoms with Gasteiger partial charge in [-0.25, -0.2) is 4.98 Å². The molecule has 0 unspecified atom stereocenters. The van der Waals surface area contributed by atoms with Gasteiger partial charge < -0.3 is 16.0 Å². The molecule has 8 nitrogen and oxygen atoms in total. The average Bonchev–Trinajstić information content (AvgIpc) is 2.79. The Morgan fingerprint density at radius 1 is 1.12 bits per heavy atom. The minimum atomic E-state index is -0.473. The lowest BCUT2D eigenvalue weighted by Crippen LogP contribution is -2.39. The number of Topliss-reactive ketones (excluding diaryl/α,β-unsaturated/α-hetero) is 1. The number of anilines is 2. The molecule has 1 aromatic carbocycles. The van der Waals surface area contributed by atoms with Gasteiger partial charge in [-0.2, -0.15) is 0 Å². The molecule has 168 valence electrons. The molecule has 1 aliphatic rings. The van der Waals surface area contributed by atoms with E-state index in [2.05, 4.69) is 15.3 Å². The second-order valence-electron chi connectivity index (χ2n) is 8.19.